The zero-order valence-corrected chi connectivity index (χ0v) is 14.8. The largest absolute Gasteiger partial charge is 0.417 e. The van der Waals surface area contributed by atoms with Crippen molar-refractivity contribution in [1.29, 1.82) is 0 Å². The monoisotopic (exact) mass is 300 g/mol. The molecule has 0 aliphatic carbocycles. The summed E-state index contributed by atoms with van der Waals surface area (Å²) >= 11 is 0. The number of unbranched alkanes of at least 4 members (excludes halogenated alkanes) is 1. The molecule has 1 amide bonds. The lowest BCUT2D eigenvalue weighted by atomic mass is 10.2. The maximum absolute atomic E-state index is 11.8. The SMILES string of the molecule is CC(C)(C)[Si](C)(C)OCCCCNC(=O)[C@@H]1CCCN1. The smallest absolute Gasteiger partial charge is 0.237 e. The lowest BCUT2D eigenvalue weighted by Crippen LogP contribution is -2.41. The van der Waals surface area contributed by atoms with E-state index in [4.69, 9.17) is 4.43 Å². The van der Waals surface area contributed by atoms with Crippen molar-refractivity contribution in [3.05, 3.63) is 0 Å². The first-order valence-electron chi connectivity index (χ1n) is 7.89. The standard InChI is InChI=1S/C15H32N2O2Si/c1-15(2,3)20(4,5)19-12-7-6-10-17-14(18)13-9-8-11-16-13/h13,16H,6-12H2,1-5H3,(H,17,18)/t13-/m0/s1. The molecular formula is C15H32N2O2Si. The van der Waals surface area contributed by atoms with Gasteiger partial charge in [0.15, 0.2) is 8.32 Å². The highest BCUT2D eigenvalue weighted by Crippen LogP contribution is 2.36. The van der Waals surface area contributed by atoms with E-state index in [2.05, 4.69) is 44.5 Å². The van der Waals surface area contributed by atoms with Crippen molar-refractivity contribution in [2.75, 3.05) is 19.7 Å². The summed E-state index contributed by atoms with van der Waals surface area (Å²) in [6, 6.07) is 0.0403. The van der Waals surface area contributed by atoms with Gasteiger partial charge in [-0.2, -0.15) is 0 Å². The van der Waals surface area contributed by atoms with E-state index in [0.29, 0.717) is 0 Å². The Bertz CT molecular complexity index is 307. The van der Waals surface area contributed by atoms with E-state index in [9.17, 15) is 4.79 Å². The molecule has 0 aromatic carbocycles. The van der Waals surface area contributed by atoms with Gasteiger partial charge in [0, 0.05) is 13.2 Å². The summed E-state index contributed by atoms with van der Waals surface area (Å²) in [6.45, 7) is 13.9. The first kappa shape index (κ1) is 17.7. The van der Waals surface area contributed by atoms with Gasteiger partial charge in [0.2, 0.25) is 5.91 Å². The van der Waals surface area contributed by atoms with Crippen LogP contribution in [-0.4, -0.2) is 40.0 Å². The molecule has 1 saturated heterocycles. The van der Waals surface area contributed by atoms with Crippen LogP contribution in [0.4, 0.5) is 0 Å². The second-order valence-corrected chi connectivity index (χ2v) is 12.1. The fraction of sp³-hybridized carbons (Fsp3) is 0.933. The quantitative estimate of drug-likeness (QED) is 0.561. The topological polar surface area (TPSA) is 50.4 Å². The average Bonchev–Trinajstić information content (AvgIpc) is 2.85. The molecule has 1 heterocycles. The van der Waals surface area contributed by atoms with Gasteiger partial charge in [-0.15, -0.1) is 0 Å². The molecule has 0 aromatic heterocycles. The van der Waals surface area contributed by atoms with Gasteiger partial charge in [0.1, 0.15) is 0 Å². The molecule has 0 radical (unpaired) electrons. The van der Waals surface area contributed by atoms with Crippen LogP contribution in [-0.2, 0) is 9.22 Å². The van der Waals surface area contributed by atoms with E-state index in [0.717, 1.165) is 45.4 Å². The summed E-state index contributed by atoms with van der Waals surface area (Å²) in [5.41, 5.74) is 0. The second-order valence-electron chi connectivity index (χ2n) is 7.26. The highest BCUT2D eigenvalue weighted by molar-refractivity contribution is 6.74. The first-order chi connectivity index (χ1) is 9.24. The summed E-state index contributed by atoms with van der Waals surface area (Å²) in [7, 11) is -1.61. The maximum Gasteiger partial charge on any atom is 0.237 e. The van der Waals surface area contributed by atoms with Crippen molar-refractivity contribution < 1.29 is 9.22 Å². The lowest BCUT2D eigenvalue weighted by Gasteiger charge is -2.36. The molecule has 1 fully saturated rings. The summed E-state index contributed by atoms with van der Waals surface area (Å²) in [4.78, 5) is 11.8. The Balaban J connectivity index is 2.06. The third-order valence-electron chi connectivity index (χ3n) is 4.52. The number of hydrogen-bond acceptors (Lipinski definition) is 3. The number of nitrogens with one attached hydrogen (secondary N) is 2. The number of hydrogen-bond donors (Lipinski definition) is 2. The summed E-state index contributed by atoms with van der Waals surface area (Å²) < 4.78 is 6.11. The van der Waals surface area contributed by atoms with Crippen LogP contribution < -0.4 is 10.6 Å². The summed E-state index contributed by atoms with van der Waals surface area (Å²) in [5.74, 6) is 0.160. The van der Waals surface area contributed by atoms with Gasteiger partial charge in [0.25, 0.3) is 0 Å². The van der Waals surface area contributed by atoms with E-state index in [1.165, 1.54) is 0 Å². The van der Waals surface area contributed by atoms with Crippen LogP contribution in [0.15, 0.2) is 0 Å². The van der Waals surface area contributed by atoms with E-state index < -0.39 is 8.32 Å². The number of rotatable bonds is 7. The first-order valence-corrected chi connectivity index (χ1v) is 10.8. The van der Waals surface area contributed by atoms with Gasteiger partial charge in [-0.25, -0.2) is 0 Å². The number of amides is 1. The second kappa shape index (κ2) is 7.57. The summed E-state index contributed by atoms with van der Waals surface area (Å²) in [5, 5.41) is 6.49. The molecule has 1 aliphatic rings. The van der Waals surface area contributed by atoms with Crippen molar-refractivity contribution in [1.82, 2.24) is 10.6 Å². The van der Waals surface area contributed by atoms with Crippen LogP contribution >= 0.6 is 0 Å². The molecule has 1 aliphatic heterocycles. The van der Waals surface area contributed by atoms with Gasteiger partial charge >= 0.3 is 0 Å². The molecule has 1 rings (SSSR count). The van der Waals surface area contributed by atoms with Crippen molar-refractivity contribution >= 4 is 14.2 Å². The lowest BCUT2D eigenvalue weighted by molar-refractivity contribution is -0.122. The molecule has 0 spiro atoms. The zero-order valence-electron chi connectivity index (χ0n) is 13.8. The van der Waals surface area contributed by atoms with Crippen LogP contribution in [0.2, 0.25) is 18.1 Å². The highest BCUT2D eigenvalue weighted by Gasteiger charge is 2.36. The average molecular weight is 301 g/mol. The molecule has 20 heavy (non-hydrogen) atoms. The summed E-state index contributed by atoms with van der Waals surface area (Å²) in [6.07, 6.45) is 4.09. The zero-order chi connectivity index (χ0) is 15.2. The third-order valence-corrected chi connectivity index (χ3v) is 9.05. The number of carbonyl (C=O) groups excluding carboxylic acids is 1. The van der Waals surface area contributed by atoms with E-state index in [1.54, 1.807) is 0 Å². The Labute approximate surface area is 125 Å². The van der Waals surface area contributed by atoms with Crippen molar-refractivity contribution in [2.45, 2.75) is 70.6 Å². The molecule has 5 heteroatoms. The van der Waals surface area contributed by atoms with Crippen molar-refractivity contribution in [2.24, 2.45) is 0 Å². The van der Waals surface area contributed by atoms with Gasteiger partial charge in [-0.3, -0.25) is 4.79 Å². The van der Waals surface area contributed by atoms with Gasteiger partial charge in [-0.05, 0) is 50.4 Å². The Morgan fingerprint density at radius 2 is 2.05 bits per heavy atom. The van der Waals surface area contributed by atoms with Gasteiger partial charge in [0.05, 0.1) is 6.04 Å². The van der Waals surface area contributed by atoms with Crippen LogP contribution in [0.25, 0.3) is 0 Å². The molecule has 2 N–H and O–H groups in total. The molecular weight excluding hydrogens is 268 g/mol. The molecule has 0 bridgehead atoms. The third kappa shape index (κ3) is 5.54. The normalized spacial score (nSPS) is 20.1. The minimum atomic E-state index is -1.61. The van der Waals surface area contributed by atoms with Gasteiger partial charge in [-0.1, -0.05) is 20.8 Å². The van der Waals surface area contributed by atoms with Crippen molar-refractivity contribution in [3.8, 4) is 0 Å². The Kier molecular flexibility index (Phi) is 6.68. The Hall–Kier alpha value is -0.393. The minimum absolute atomic E-state index is 0.0403. The number of carbonyl (C=O) groups is 1. The van der Waals surface area contributed by atoms with Gasteiger partial charge < -0.3 is 15.1 Å². The van der Waals surface area contributed by atoms with Crippen LogP contribution in [0.3, 0.4) is 0 Å². The maximum atomic E-state index is 11.8. The Morgan fingerprint density at radius 3 is 2.60 bits per heavy atom. The molecule has 1 atom stereocenters. The molecule has 0 unspecified atom stereocenters. The molecule has 118 valence electrons. The van der Waals surface area contributed by atoms with E-state index in [1.807, 2.05) is 0 Å². The van der Waals surface area contributed by atoms with Crippen molar-refractivity contribution in [3.63, 3.8) is 0 Å². The predicted octanol–water partition coefficient (Wildman–Crippen LogP) is 2.66. The molecule has 0 saturated carbocycles. The fourth-order valence-corrected chi connectivity index (χ4v) is 3.10. The Morgan fingerprint density at radius 1 is 1.35 bits per heavy atom. The molecule has 4 nitrogen and oxygen atoms in total. The van der Waals surface area contributed by atoms with Crippen LogP contribution in [0.1, 0.15) is 46.5 Å². The van der Waals surface area contributed by atoms with E-state index in [-0.39, 0.29) is 17.0 Å². The fourth-order valence-electron chi connectivity index (χ4n) is 2.01. The molecule has 0 aromatic rings. The van der Waals surface area contributed by atoms with Crippen LogP contribution in [0, 0.1) is 0 Å². The highest BCUT2D eigenvalue weighted by atomic mass is 28.4. The minimum Gasteiger partial charge on any atom is -0.417 e. The van der Waals surface area contributed by atoms with E-state index >= 15 is 0 Å². The van der Waals surface area contributed by atoms with Crippen LogP contribution in [0.5, 0.6) is 0 Å². The predicted molar refractivity (Wildman–Crippen MR) is 86.4 cm³/mol.